The number of nitrogens with one attached hydrogen (secondary N) is 2. The molecule has 1 aromatic heterocycles. The van der Waals surface area contributed by atoms with Crippen molar-refractivity contribution in [2.75, 3.05) is 23.3 Å². The van der Waals surface area contributed by atoms with E-state index in [-0.39, 0.29) is 5.91 Å². The summed E-state index contributed by atoms with van der Waals surface area (Å²) in [5, 5.41) is 7.17. The number of anilines is 2. The Labute approximate surface area is 151 Å². The number of piperidine rings is 1. The molecule has 1 aromatic carbocycles. The van der Waals surface area contributed by atoms with E-state index in [1.807, 2.05) is 18.2 Å². The molecule has 1 amide bonds. The van der Waals surface area contributed by atoms with Crippen LogP contribution < -0.4 is 15.5 Å². The van der Waals surface area contributed by atoms with Crippen molar-refractivity contribution in [3.8, 4) is 0 Å². The third kappa shape index (κ3) is 3.60. The molecule has 2 aliphatic rings. The van der Waals surface area contributed by atoms with Crippen molar-refractivity contribution in [3.63, 3.8) is 0 Å². The van der Waals surface area contributed by atoms with Crippen LogP contribution in [0.3, 0.4) is 0 Å². The first-order valence-electron chi connectivity index (χ1n) is 8.55. The zero-order valence-corrected chi connectivity index (χ0v) is 14.6. The highest BCUT2D eigenvalue weighted by molar-refractivity contribution is 6.30. The number of aromatic nitrogens is 2. The highest BCUT2D eigenvalue weighted by Crippen LogP contribution is 2.30. The number of benzene rings is 1. The number of halogens is 1. The molecule has 0 saturated carbocycles. The lowest BCUT2D eigenvalue weighted by Crippen LogP contribution is -2.42. The molecule has 25 heavy (non-hydrogen) atoms. The van der Waals surface area contributed by atoms with Crippen LogP contribution in [0.2, 0.25) is 5.02 Å². The molecule has 3 heterocycles. The Bertz CT molecular complexity index is 789. The second-order valence-corrected chi connectivity index (χ2v) is 6.96. The van der Waals surface area contributed by atoms with Gasteiger partial charge in [-0.3, -0.25) is 4.79 Å². The van der Waals surface area contributed by atoms with Gasteiger partial charge < -0.3 is 15.5 Å². The number of amides is 1. The Balaban J connectivity index is 1.35. The minimum absolute atomic E-state index is 0.00479. The Morgan fingerprint density at radius 3 is 2.92 bits per heavy atom. The molecule has 6 nitrogen and oxygen atoms in total. The van der Waals surface area contributed by atoms with Gasteiger partial charge in [0.15, 0.2) is 0 Å². The number of hydrogen-bond acceptors (Lipinski definition) is 5. The van der Waals surface area contributed by atoms with Gasteiger partial charge in [0.25, 0.3) is 0 Å². The smallest absolute Gasteiger partial charge is 0.230 e. The first-order valence-corrected chi connectivity index (χ1v) is 8.93. The zero-order valence-electron chi connectivity index (χ0n) is 13.8. The van der Waals surface area contributed by atoms with Crippen molar-refractivity contribution in [2.45, 2.75) is 31.8 Å². The quantitative estimate of drug-likeness (QED) is 0.879. The van der Waals surface area contributed by atoms with Crippen molar-refractivity contribution in [2.24, 2.45) is 0 Å². The number of nitrogens with zero attached hydrogens (tertiary/aromatic N) is 3. The van der Waals surface area contributed by atoms with Gasteiger partial charge in [-0.1, -0.05) is 23.7 Å². The average Bonchev–Trinajstić information content (AvgIpc) is 3.01. The summed E-state index contributed by atoms with van der Waals surface area (Å²) < 4.78 is 0. The summed E-state index contributed by atoms with van der Waals surface area (Å²) >= 11 is 6.03. The second kappa shape index (κ2) is 6.98. The van der Waals surface area contributed by atoms with Gasteiger partial charge in [0, 0.05) is 36.3 Å². The fourth-order valence-electron chi connectivity index (χ4n) is 3.49. The van der Waals surface area contributed by atoms with Crippen molar-refractivity contribution >= 4 is 29.1 Å². The molecule has 2 N–H and O–H groups in total. The molecular weight excluding hydrogens is 338 g/mol. The van der Waals surface area contributed by atoms with Crippen molar-refractivity contribution in [1.29, 1.82) is 0 Å². The Morgan fingerprint density at radius 2 is 2.12 bits per heavy atom. The number of carbonyl (C=O) groups excluding carboxylic acids is 1. The predicted molar refractivity (Wildman–Crippen MR) is 97.9 cm³/mol. The van der Waals surface area contributed by atoms with Gasteiger partial charge in [-0.25, -0.2) is 9.97 Å². The van der Waals surface area contributed by atoms with E-state index >= 15 is 0 Å². The summed E-state index contributed by atoms with van der Waals surface area (Å²) in [6, 6.07) is 8.43. The normalized spacial score (nSPS) is 17.5. The SMILES string of the molecule is O=C1Cc2c(ncnc2N2CCC(NCc3cccc(Cl)c3)CC2)N1. The fraction of sp³-hybridized carbons (Fsp3) is 0.389. The van der Waals surface area contributed by atoms with Crippen LogP contribution in [0.1, 0.15) is 24.0 Å². The van der Waals surface area contributed by atoms with Crippen LogP contribution in [0, 0.1) is 0 Å². The summed E-state index contributed by atoms with van der Waals surface area (Å²) in [7, 11) is 0. The van der Waals surface area contributed by atoms with Gasteiger partial charge in [-0.2, -0.15) is 0 Å². The van der Waals surface area contributed by atoms with Crippen LogP contribution in [0.25, 0.3) is 0 Å². The van der Waals surface area contributed by atoms with Crippen molar-refractivity contribution in [1.82, 2.24) is 15.3 Å². The van der Waals surface area contributed by atoms with E-state index in [1.54, 1.807) is 0 Å². The minimum Gasteiger partial charge on any atom is -0.356 e. The predicted octanol–water partition coefficient (Wildman–Crippen LogP) is 2.38. The third-order valence-electron chi connectivity index (χ3n) is 4.80. The summed E-state index contributed by atoms with van der Waals surface area (Å²) in [5.74, 6) is 1.56. The zero-order chi connectivity index (χ0) is 17.2. The van der Waals surface area contributed by atoms with Crippen LogP contribution in [-0.4, -0.2) is 35.0 Å². The lowest BCUT2D eigenvalue weighted by atomic mass is 10.0. The number of rotatable bonds is 4. The molecule has 2 aliphatic heterocycles. The third-order valence-corrected chi connectivity index (χ3v) is 5.03. The molecule has 1 fully saturated rings. The molecule has 7 heteroatoms. The summed E-state index contributed by atoms with van der Waals surface area (Å²) in [5.41, 5.74) is 2.13. The highest BCUT2D eigenvalue weighted by atomic mass is 35.5. The standard InChI is InChI=1S/C18H20ClN5O/c19-13-3-1-2-12(8-13)10-20-14-4-6-24(7-5-14)18-15-9-16(25)23-17(15)21-11-22-18/h1-3,8,11,14,20H,4-7,9-10H2,(H,21,22,23,25). The molecule has 1 saturated heterocycles. The highest BCUT2D eigenvalue weighted by Gasteiger charge is 2.28. The maximum atomic E-state index is 11.6. The van der Waals surface area contributed by atoms with E-state index in [9.17, 15) is 4.79 Å². The molecule has 0 aliphatic carbocycles. The van der Waals surface area contributed by atoms with Crippen molar-refractivity contribution in [3.05, 3.63) is 46.7 Å². The first kappa shape index (κ1) is 16.3. The lowest BCUT2D eigenvalue weighted by Gasteiger charge is -2.34. The van der Waals surface area contributed by atoms with Crippen LogP contribution in [0.4, 0.5) is 11.6 Å². The van der Waals surface area contributed by atoms with Gasteiger partial charge in [0.1, 0.15) is 18.0 Å². The number of carbonyl (C=O) groups is 1. The molecule has 0 radical (unpaired) electrons. The van der Waals surface area contributed by atoms with Crippen LogP contribution in [0.15, 0.2) is 30.6 Å². The van der Waals surface area contributed by atoms with Crippen LogP contribution in [0.5, 0.6) is 0 Å². The van der Waals surface area contributed by atoms with Gasteiger partial charge in [-0.15, -0.1) is 0 Å². The molecule has 4 rings (SSSR count). The van der Waals surface area contributed by atoms with E-state index < -0.39 is 0 Å². The fourth-order valence-corrected chi connectivity index (χ4v) is 3.70. The monoisotopic (exact) mass is 357 g/mol. The lowest BCUT2D eigenvalue weighted by molar-refractivity contribution is -0.115. The largest absolute Gasteiger partial charge is 0.356 e. The van der Waals surface area contributed by atoms with Crippen LogP contribution >= 0.6 is 11.6 Å². The summed E-state index contributed by atoms with van der Waals surface area (Å²) in [6.45, 7) is 2.67. The minimum atomic E-state index is -0.00479. The molecular formula is C18H20ClN5O. The summed E-state index contributed by atoms with van der Waals surface area (Å²) in [6.07, 6.45) is 3.99. The molecule has 0 atom stereocenters. The Hall–Kier alpha value is -2.18. The van der Waals surface area contributed by atoms with E-state index in [0.29, 0.717) is 18.3 Å². The second-order valence-electron chi connectivity index (χ2n) is 6.52. The van der Waals surface area contributed by atoms with Crippen molar-refractivity contribution < 1.29 is 4.79 Å². The maximum Gasteiger partial charge on any atom is 0.230 e. The van der Waals surface area contributed by atoms with E-state index in [2.05, 4.69) is 31.6 Å². The Kier molecular flexibility index (Phi) is 4.55. The maximum absolute atomic E-state index is 11.6. The van der Waals surface area contributed by atoms with E-state index in [1.165, 1.54) is 11.9 Å². The molecule has 0 spiro atoms. The van der Waals surface area contributed by atoms with Crippen LogP contribution in [-0.2, 0) is 17.8 Å². The van der Waals surface area contributed by atoms with Gasteiger partial charge in [0.05, 0.1) is 6.42 Å². The topological polar surface area (TPSA) is 70.2 Å². The average molecular weight is 358 g/mol. The van der Waals surface area contributed by atoms with Gasteiger partial charge >= 0.3 is 0 Å². The summed E-state index contributed by atoms with van der Waals surface area (Å²) in [4.78, 5) is 22.5. The number of hydrogen-bond donors (Lipinski definition) is 2. The Morgan fingerprint density at radius 1 is 1.28 bits per heavy atom. The molecule has 2 aromatic rings. The van der Waals surface area contributed by atoms with E-state index in [4.69, 9.17) is 11.6 Å². The molecule has 130 valence electrons. The molecule has 0 bridgehead atoms. The first-order chi connectivity index (χ1) is 12.2. The number of fused-ring (bicyclic) bond motifs is 1. The molecule has 0 unspecified atom stereocenters. The van der Waals surface area contributed by atoms with Gasteiger partial charge in [-0.05, 0) is 30.5 Å². The van der Waals surface area contributed by atoms with E-state index in [0.717, 1.165) is 48.9 Å². The van der Waals surface area contributed by atoms with Gasteiger partial charge in [0.2, 0.25) is 5.91 Å².